The van der Waals surface area contributed by atoms with E-state index < -0.39 is 5.82 Å². The Kier molecular flexibility index (Phi) is 4.97. The number of hydrogen-bond donors (Lipinski definition) is 1. The Hall–Kier alpha value is -1.87. The van der Waals surface area contributed by atoms with E-state index in [2.05, 4.69) is 12.2 Å². The van der Waals surface area contributed by atoms with Gasteiger partial charge in [-0.15, -0.1) is 0 Å². The molecule has 0 spiro atoms. The van der Waals surface area contributed by atoms with Crippen LogP contribution in [-0.4, -0.2) is 5.91 Å². The van der Waals surface area contributed by atoms with Crippen molar-refractivity contribution < 1.29 is 9.18 Å². The van der Waals surface area contributed by atoms with Crippen molar-refractivity contribution in [3.05, 3.63) is 70.0 Å². The van der Waals surface area contributed by atoms with Crippen LogP contribution >= 0.6 is 11.6 Å². The molecule has 0 bridgehead atoms. The minimum absolute atomic E-state index is 0.112. The van der Waals surface area contributed by atoms with E-state index in [1.54, 1.807) is 0 Å². The summed E-state index contributed by atoms with van der Waals surface area (Å²) in [6.07, 6.45) is 0.978. The third-order valence-corrected chi connectivity index (χ3v) is 3.72. The van der Waals surface area contributed by atoms with Crippen molar-refractivity contribution >= 4 is 17.5 Å². The van der Waals surface area contributed by atoms with Crippen LogP contribution in [0.3, 0.4) is 0 Å². The van der Waals surface area contributed by atoms with Crippen molar-refractivity contribution in [3.63, 3.8) is 0 Å². The van der Waals surface area contributed by atoms with Crippen molar-refractivity contribution in [1.82, 2.24) is 5.32 Å². The highest BCUT2D eigenvalue weighted by atomic mass is 35.5. The molecule has 2 nitrogen and oxygen atoms in total. The fourth-order valence-electron chi connectivity index (χ4n) is 2.07. The molecule has 2 aromatic carbocycles. The number of rotatable bonds is 4. The molecule has 0 aromatic heterocycles. The Bertz CT molecular complexity index is 640. The molecule has 0 saturated carbocycles. The predicted octanol–water partition coefficient (Wildman–Crippen LogP) is 4.53. The zero-order chi connectivity index (χ0) is 15.4. The lowest BCUT2D eigenvalue weighted by atomic mass is 10.0. The average molecular weight is 306 g/mol. The summed E-state index contributed by atoms with van der Waals surface area (Å²) in [6, 6.07) is 11.7. The summed E-state index contributed by atoms with van der Waals surface area (Å²) in [7, 11) is 0. The highest BCUT2D eigenvalue weighted by molar-refractivity contribution is 6.33. The van der Waals surface area contributed by atoms with Crippen molar-refractivity contribution in [3.8, 4) is 0 Å². The lowest BCUT2D eigenvalue weighted by Gasteiger charge is -2.15. The van der Waals surface area contributed by atoms with E-state index in [1.807, 2.05) is 31.2 Å². The fraction of sp³-hybridized carbons (Fsp3) is 0.235. The van der Waals surface area contributed by atoms with Gasteiger partial charge in [0.1, 0.15) is 5.82 Å². The van der Waals surface area contributed by atoms with Crippen molar-refractivity contribution in [2.75, 3.05) is 0 Å². The Morgan fingerprint density at radius 3 is 2.48 bits per heavy atom. The summed E-state index contributed by atoms with van der Waals surface area (Å²) in [5, 5.41) is 2.98. The highest BCUT2D eigenvalue weighted by Crippen LogP contribution is 2.19. The smallest absolute Gasteiger partial charge is 0.253 e. The summed E-state index contributed by atoms with van der Waals surface area (Å²) >= 11 is 5.89. The SMILES string of the molecule is CCc1ccc(C(C)NC(=O)c2ccc(F)cc2Cl)cc1. The second kappa shape index (κ2) is 6.72. The van der Waals surface area contributed by atoms with Gasteiger partial charge in [-0.1, -0.05) is 42.8 Å². The Morgan fingerprint density at radius 2 is 1.90 bits per heavy atom. The standard InChI is InChI=1S/C17H17ClFNO/c1-3-12-4-6-13(7-5-12)11(2)20-17(21)15-9-8-14(19)10-16(15)18/h4-11H,3H2,1-2H3,(H,20,21). The monoisotopic (exact) mass is 305 g/mol. The third-order valence-electron chi connectivity index (χ3n) is 3.41. The maximum absolute atomic E-state index is 13.0. The Morgan fingerprint density at radius 1 is 1.24 bits per heavy atom. The van der Waals surface area contributed by atoms with Crippen LogP contribution in [0.4, 0.5) is 4.39 Å². The van der Waals surface area contributed by atoms with E-state index in [1.165, 1.54) is 17.7 Å². The maximum Gasteiger partial charge on any atom is 0.253 e. The highest BCUT2D eigenvalue weighted by Gasteiger charge is 2.14. The van der Waals surface area contributed by atoms with Crippen LogP contribution in [0.25, 0.3) is 0 Å². The van der Waals surface area contributed by atoms with Crippen LogP contribution in [0, 0.1) is 5.82 Å². The molecule has 0 aliphatic heterocycles. The number of halogens is 2. The Labute approximate surface area is 128 Å². The lowest BCUT2D eigenvalue weighted by Crippen LogP contribution is -2.26. The molecule has 1 N–H and O–H groups in total. The average Bonchev–Trinajstić information content (AvgIpc) is 2.47. The molecule has 0 aliphatic carbocycles. The number of amides is 1. The molecule has 0 fully saturated rings. The number of nitrogens with one attached hydrogen (secondary N) is 1. The predicted molar refractivity (Wildman–Crippen MR) is 83.1 cm³/mol. The molecule has 110 valence electrons. The van der Waals surface area contributed by atoms with Crippen molar-refractivity contribution in [2.45, 2.75) is 26.3 Å². The van der Waals surface area contributed by atoms with E-state index in [4.69, 9.17) is 11.6 Å². The number of carbonyl (C=O) groups is 1. The van der Waals surface area contributed by atoms with Crippen LogP contribution in [0.15, 0.2) is 42.5 Å². The molecule has 1 amide bonds. The first-order chi connectivity index (χ1) is 10.0. The van der Waals surface area contributed by atoms with E-state index in [-0.39, 0.29) is 22.5 Å². The first-order valence-electron chi connectivity index (χ1n) is 6.86. The third kappa shape index (κ3) is 3.82. The van der Waals surface area contributed by atoms with Crippen LogP contribution in [-0.2, 0) is 6.42 Å². The summed E-state index contributed by atoms with van der Waals surface area (Å²) in [5.41, 5.74) is 2.53. The maximum atomic E-state index is 13.0. The molecule has 2 rings (SSSR count). The van der Waals surface area contributed by atoms with E-state index in [0.29, 0.717) is 0 Å². The van der Waals surface area contributed by atoms with Gasteiger partial charge in [0.15, 0.2) is 0 Å². The zero-order valence-corrected chi connectivity index (χ0v) is 12.7. The van der Waals surface area contributed by atoms with Gasteiger partial charge in [-0.2, -0.15) is 0 Å². The van der Waals surface area contributed by atoms with Gasteiger partial charge in [0.2, 0.25) is 0 Å². The van der Waals surface area contributed by atoms with E-state index in [9.17, 15) is 9.18 Å². The summed E-state index contributed by atoms with van der Waals surface area (Å²) in [4.78, 5) is 12.2. The van der Waals surface area contributed by atoms with Crippen molar-refractivity contribution in [1.29, 1.82) is 0 Å². The molecule has 0 radical (unpaired) electrons. The molecule has 21 heavy (non-hydrogen) atoms. The zero-order valence-electron chi connectivity index (χ0n) is 12.0. The van der Waals surface area contributed by atoms with E-state index in [0.717, 1.165) is 18.1 Å². The second-order valence-corrected chi connectivity index (χ2v) is 5.32. The van der Waals surface area contributed by atoms with Gasteiger partial charge in [-0.25, -0.2) is 4.39 Å². The number of aryl methyl sites for hydroxylation is 1. The minimum atomic E-state index is -0.459. The molecule has 2 aromatic rings. The first kappa shape index (κ1) is 15.5. The molecule has 4 heteroatoms. The molecular formula is C17H17ClFNO. The van der Waals surface area contributed by atoms with Gasteiger partial charge >= 0.3 is 0 Å². The Balaban J connectivity index is 2.10. The van der Waals surface area contributed by atoms with Gasteiger partial charge in [-0.3, -0.25) is 4.79 Å². The number of hydrogen-bond acceptors (Lipinski definition) is 1. The van der Waals surface area contributed by atoms with Crippen LogP contribution in [0.5, 0.6) is 0 Å². The normalized spacial score (nSPS) is 12.0. The van der Waals surface area contributed by atoms with Gasteiger partial charge < -0.3 is 5.32 Å². The second-order valence-electron chi connectivity index (χ2n) is 4.91. The van der Waals surface area contributed by atoms with Crippen LogP contribution in [0.1, 0.15) is 41.4 Å². The largest absolute Gasteiger partial charge is 0.345 e. The molecule has 1 unspecified atom stereocenters. The van der Waals surface area contributed by atoms with Gasteiger partial charge in [0.05, 0.1) is 16.6 Å². The van der Waals surface area contributed by atoms with Crippen LogP contribution < -0.4 is 5.32 Å². The number of carbonyl (C=O) groups excluding carboxylic acids is 1. The molecule has 0 heterocycles. The van der Waals surface area contributed by atoms with Crippen molar-refractivity contribution in [2.24, 2.45) is 0 Å². The number of benzene rings is 2. The summed E-state index contributed by atoms with van der Waals surface area (Å²) < 4.78 is 13.0. The molecule has 0 aliphatic rings. The fourth-order valence-corrected chi connectivity index (χ4v) is 2.33. The first-order valence-corrected chi connectivity index (χ1v) is 7.23. The lowest BCUT2D eigenvalue weighted by molar-refractivity contribution is 0.0940. The van der Waals surface area contributed by atoms with Gasteiger partial charge in [-0.05, 0) is 42.7 Å². The van der Waals surface area contributed by atoms with Crippen LogP contribution in [0.2, 0.25) is 5.02 Å². The molecule has 0 saturated heterocycles. The summed E-state index contributed by atoms with van der Waals surface area (Å²) in [6.45, 7) is 3.99. The minimum Gasteiger partial charge on any atom is -0.345 e. The topological polar surface area (TPSA) is 29.1 Å². The van der Waals surface area contributed by atoms with Gasteiger partial charge in [0, 0.05) is 0 Å². The van der Waals surface area contributed by atoms with Gasteiger partial charge in [0.25, 0.3) is 5.91 Å². The molecule has 1 atom stereocenters. The van der Waals surface area contributed by atoms with E-state index >= 15 is 0 Å². The quantitative estimate of drug-likeness (QED) is 0.883. The molecular weight excluding hydrogens is 289 g/mol. The summed E-state index contributed by atoms with van der Waals surface area (Å²) in [5.74, 6) is -0.771.